The van der Waals surface area contributed by atoms with Crippen molar-refractivity contribution in [2.45, 2.75) is 19.9 Å². The van der Waals surface area contributed by atoms with Crippen molar-refractivity contribution in [2.75, 3.05) is 11.1 Å². The highest BCUT2D eigenvalue weighted by molar-refractivity contribution is 6.00. The van der Waals surface area contributed by atoms with Crippen LogP contribution in [0.3, 0.4) is 0 Å². The Labute approximate surface area is 89.3 Å². The fraction of sp³-hybridized carbons (Fsp3) is 0.250. The number of benzene rings is 1. The molecule has 0 saturated carbocycles. The average molecular weight is 201 g/mol. The van der Waals surface area contributed by atoms with Crippen molar-refractivity contribution in [3.8, 4) is 0 Å². The normalized spacial score (nSPS) is 10.9. The van der Waals surface area contributed by atoms with E-state index in [0.29, 0.717) is 6.04 Å². The Kier molecular flexibility index (Phi) is 2.46. The Balaban J connectivity index is 2.63. The van der Waals surface area contributed by atoms with Gasteiger partial charge < -0.3 is 11.1 Å². The van der Waals surface area contributed by atoms with Gasteiger partial charge in [-0.15, -0.1) is 0 Å². The lowest BCUT2D eigenvalue weighted by Gasteiger charge is -2.12. The number of rotatable bonds is 2. The van der Waals surface area contributed by atoms with E-state index in [1.54, 1.807) is 6.20 Å². The molecule has 0 saturated heterocycles. The Morgan fingerprint density at radius 3 is 2.80 bits per heavy atom. The van der Waals surface area contributed by atoms with Crippen LogP contribution in [0.2, 0.25) is 0 Å². The van der Waals surface area contributed by atoms with Gasteiger partial charge in [-0.05, 0) is 31.4 Å². The topological polar surface area (TPSA) is 50.9 Å². The maximum Gasteiger partial charge on any atom is 0.136 e. The lowest BCUT2D eigenvalue weighted by atomic mass is 10.1. The van der Waals surface area contributed by atoms with Gasteiger partial charge in [0, 0.05) is 23.3 Å². The second-order valence-corrected chi connectivity index (χ2v) is 3.90. The Hall–Kier alpha value is -1.77. The van der Waals surface area contributed by atoms with Crippen LogP contribution in [0.25, 0.3) is 10.8 Å². The number of nitrogens with two attached hydrogens (primary N) is 1. The molecule has 3 heteroatoms. The summed E-state index contributed by atoms with van der Waals surface area (Å²) in [7, 11) is 0. The molecule has 0 aliphatic carbocycles. The molecule has 0 aliphatic heterocycles. The molecule has 0 unspecified atom stereocenters. The summed E-state index contributed by atoms with van der Waals surface area (Å²) >= 11 is 0. The average Bonchev–Trinajstić information content (AvgIpc) is 2.17. The molecule has 0 amide bonds. The van der Waals surface area contributed by atoms with E-state index >= 15 is 0 Å². The second-order valence-electron chi connectivity index (χ2n) is 3.90. The van der Waals surface area contributed by atoms with Gasteiger partial charge in [0.05, 0.1) is 0 Å². The fourth-order valence-corrected chi connectivity index (χ4v) is 1.64. The third-order valence-corrected chi connectivity index (χ3v) is 2.25. The first-order chi connectivity index (χ1) is 7.18. The quantitative estimate of drug-likeness (QED) is 0.734. The van der Waals surface area contributed by atoms with Crippen LogP contribution in [0.4, 0.5) is 11.5 Å². The minimum absolute atomic E-state index is 0.350. The highest BCUT2D eigenvalue weighted by Gasteiger charge is 2.05. The van der Waals surface area contributed by atoms with Crippen molar-refractivity contribution < 1.29 is 0 Å². The summed E-state index contributed by atoms with van der Waals surface area (Å²) in [5.41, 5.74) is 6.72. The van der Waals surface area contributed by atoms with Crippen LogP contribution in [0.5, 0.6) is 0 Å². The van der Waals surface area contributed by atoms with Crippen molar-refractivity contribution in [1.29, 1.82) is 0 Å². The zero-order chi connectivity index (χ0) is 10.8. The number of pyridine rings is 1. The maximum absolute atomic E-state index is 5.95. The van der Waals surface area contributed by atoms with E-state index in [0.717, 1.165) is 22.3 Å². The highest BCUT2D eigenvalue weighted by atomic mass is 15.0. The molecule has 2 rings (SSSR count). The molecule has 0 atom stereocenters. The summed E-state index contributed by atoms with van der Waals surface area (Å²) in [6.07, 6.45) is 1.80. The summed E-state index contributed by atoms with van der Waals surface area (Å²) in [5.74, 6) is 0.862. The van der Waals surface area contributed by atoms with E-state index in [9.17, 15) is 0 Å². The van der Waals surface area contributed by atoms with Gasteiger partial charge >= 0.3 is 0 Å². The number of nitrogens with one attached hydrogen (secondary N) is 1. The number of aromatic nitrogens is 1. The van der Waals surface area contributed by atoms with Gasteiger partial charge in [0.15, 0.2) is 0 Å². The number of nitrogen functional groups attached to an aromatic ring is 1. The molecule has 2 aromatic rings. The Bertz CT molecular complexity index is 472. The molecule has 0 bridgehead atoms. The summed E-state index contributed by atoms with van der Waals surface area (Å²) in [4.78, 5) is 4.32. The minimum atomic E-state index is 0.350. The zero-order valence-corrected chi connectivity index (χ0v) is 8.99. The molecule has 3 N–H and O–H groups in total. The standard InChI is InChI=1S/C12H15N3/c1-8(2)15-12-11-9(6-7-14-12)4-3-5-10(11)13/h3-8H,13H2,1-2H3,(H,14,15). The molecule has 1 heterocycles. The molecule has 0 aliphatic rings. The fourth-order valence-electron chi connectivity index (χ4n) is 1.64. The van der Waals surface area contributed by atoms with Gasteiger partial charge in [-0.2, -0.15) is 0 Å². The maximum atomic E-state index is 5.95. The zero-order valence-electron chi connectivity index (χ0n) is 8.99. The van der Waals surface area contributed by atoms with E-state index < -0.39 is 0 Å². The lowest BCUT2D eigenvalue weighted by Crippen LogP contribution is -2.11. The summed E-state index contributed by atoms with van der Waals surface area (Å²) in [6, 6.07) is 8.21. The Morgan fingerprint density at radius 2 is 2.07 bits per heavy atom. The van der Waals surface area contributed by atoms with E-state index in [2.05, 4.69) is 24.1 Å². The van der Waals surface area contributed by atoms with Crippen molar-refractivity contribution in [3.63, 3.8) is 0 Å². The third kappa shape index (κ3) is 1.86. The molecule has 15 heavy (non-hydrogen) atoms. The van der Waals surface area contributed by atoms with Crippen LogP contribution in [0.15, 0.2) is 30.5 Å². The SMILES string of the molecule is CC(C)Nc1nccc2cccc(N)c12. The van der Waals surface area contributed by atoms with Gasteiger partial charge in [0.25, 0.3) is 0 Å². The van der Waals surface area contributed by atoms with E-state index in [1.807, 2.05) is 24.3 Å². The predicted octanol–water partition coefficient (Wildman–Crippen LogP) is 2.64. The molecule has 0 fully saturated rings. The van der Waals surface area contributed by atoms with Crippen LogP contribution < -0.4 is 11.1 Å². The first-order valence-corrected chi connectivity index (χ1v) is 5.08. The highest BCUT2D eigenvalue weighted by Crippen LogP contribution is 2.26. The minimum Gasteiger partial charge on any atom is -0.398 e. The van der Waals surface area contributed by atoms with Crippen LogP contribution >= 0.6 is 0 Å². The van der Waals surface area contributed by atoms with Gasteiger partial charge in [-0.3, -0.25) is 0 Å². The van der Waals surface area contributed by atoms with E-state index in [4.69, 9.17) is 5.73 Å². The molecule has 0 spiro atoms. The molecule has 3 nitrogen and oxygen atoms in total. The number of fused-ring (bicyclic) bond motifs is 1. The monoisotopic (exact) mass is 201 g/mol. The van der Waals surface area contributed by atoms with Crippen LogP contribution in [-0.4, -0.2) is 11.0 Å². The lowest BCUT2D eigenvalue weighted by molar-refractivity contribution is 0.892. The smallest absolute Gasteiger partial charge is 0.136 e. The van der Waals surface area contributed by atoms with Crippen molar-refractivity contribution in [3.05, 3.63) is 30.5 Å². The largest absolute Gasteiger partial charge is 0.398 e. The molecule has 1 aromatic heterocycles. The van der Waals surface area contributed by atoms with Gasteiger partial charge in [-0.25, -0.2) is 4.98 Å². The van der Waals surface area contributed by atoms with Gasteiger partial charge in [0.1, 0.15) is 5.82 Å². The van der Waals surface area contributed by atoms with E-state index in [1.165, 1.54) is 0 Å². The second kappa shape index (κ2) is 3.77. The first kappa shape index (κ1) is 9.77. The summed E-state index contributed by atoms with van der Waals surface area (Å²) < 4.78 is 0. The first-order valence-electron chi connectivity index (χ1n) is 5.08. The van der Waals surface area contributed by atoms with Crippen LogP contribution in [0, 0.1) is 0 Å². The number of anilines is 2. The summed E-state index contributed by atoms with van der Waals surface area (Å²) in [6.45, 7) is 4.17. The predicted molar refractivity (Wildman–Crippen MR) is 64.9 cm³/mol. The van der Waals surface area contributed by atoms with Crippen LogP contribution in [0.1, 0.15) is 13.8 Å². The van der Waals surface area contributed by atoms with Gasteiger partial charge in [0.2, 0.25) is 0 Å². The molecule has 1 aromatic carbocycles. The number of hydrogen-bond acceptors (Lipinski definition) is 3. The van der Waals surface area contributed by atoms with E-state index in [-0.39, 0.29) is 0 Å². The van der Waals surface area contributed by atoms with Crippen molar-refractivity contribution in [2.24, 2.45) is 0 Å². The molecular weight excluding hydrogens is 186 g/mol. The molecule has 0 radical (unpaired) electrons. The van der Waals surface area contributed by atoms with Gasteiger partial charge in [-0.1, -0.05) is 12.1 Å². The third-order valence-electron chi connectivity index (χ3n) is 2.25. The van der Waals surface area contributed by atoms with Crippen LogP contribution in [-0.2, 0) is 0 Å². The van der Waals surface area contributed by atoms with Crippen molar-refractivity contribution in [1.82, 2.24) is 4.98 Å². The van der Waals surface area contributed by atoms with Crippen molar-refractivity contribution >= 4 is 22.3 Å². The molecular formula is C12H15N3. The number of hydrogen-bond donors (Lipinski definition) is 2. The summed E-state index contributed by atoms with van der Waals surface area (Å²) in [5, 5.41) is 5.42. The molecule has 78 valence electrons. The number of nitrogens with zero attached hydrogens (tertiary/aromatic N) is 1. The Morgan fingerprint density at radius 1 is 1.27 bits per heavy atom.